The van der Waals surface area contributed by atoms with Crippen molar-refractivity contribution in [3.05, 3.63) is 35.3 Å². The van der Waals surface area contributed by atoms with Crippen LogP contribution >= 0.6 is 11.3 Å². The SMILES string of the molecule is CC(=O)NC(C)C#Cc1cnc(Oc2ccc(OCC3CCCC3)cc2)s1. The van der Waals surface area contributed by atoms with Gasteiger partial charge in [0.05, 0.1) is 18.8 Å². The van der Waals surface area contributed by atoms with Crippen LogP contribution in [0, 0.1) is 17.8 Å². The summed E-state index contributed by atoms with van der Waals surface area (Å²) in [5.74, 6) is 8.15. The van der Waals surface area contributed by atoms with Gasteiger partial charge in [-0.1, -0.05) is 36.0 Å². The van der Waals surface area contributed by atoms with Gasteiger partial charge in [-0.2, -0.15) is 0 Å². The second kappa shape index (κ2) is 9.43. The third kappa shape index (κ3) is 6.30. The maximum atomic E-state index is 11.0. The summed E-state index contributed by atoms with van der Waals surface area (Å²) in [5.41, 5.74) is 0. The quantitative estimate of drug-likeness (QED) is 0.751. The molecule has 1 fully saturated rings. The summed E-state index contributed by atoms with van der Waals surface area (Å²) in [4.78, 5) is 16.0. The number of hydrogen-bond donors (Lipinski definition) is 1. The lowest BCUT2D eigenvalue weighted by Gasteiger charge is -2.11. The highest BCUT2D eigenvalue weighted by molar-refractivity contribution is 7.13. The van der Waals surface area contributed by atoms with Gasteiger partial charge in [-0.25, -0.2) is 4.98 Å². The van der Waals surface area contributed by atoms with Crippen molar-refractivity contribution in [1.29, 1.82) is 0 Å². The van der Waals surface area contributed by atoms with Crippen molar-refractivity contribution in [2.24, 2.45) is 5.92 Å². The predicted molar refractivity (Wildman–Crippen MR) is 106 cm³/mol. The Kier molecular flexibility index (Phi) is 6.72. The van der Waals surface area contributed by atoms with Crippen LogP contribution in [0.25, 0.3) is 0 Å². The number of nitrogens with one attached hydrogen (secondary N) is 1. The molecule has 142 valence electrons. The zero-order chi connectivity index (χ0) is 19.1. The molecule has 0 aliphatic heterocycles. The molecule has 0 radical (unpaired) electrons. The van der Waals surface area contributed by atoms with E-state index in [2.05, 4.69) is 22.1 Å². The Morgan fingerprint density at radius 3 is 2.70 bits per heavy atom. The maximum Gasteiger partial charge on any atom is 0.279 e. The number of nitrogens with zero attached hydrogens (tertiary/aromatic N) is 1. The van der Waals surface area contributed by atoms with E-state index >= 15 is 0 Å². The molecule has 0 saturated heterocycles. The van der Waals surface area contributed by atoms with Crippen LogP contribution in [0.1, 0.15) is 44.4 Å². The zero-order valence-electron chi connectivity index (χ0n) is 15.7. The lowest BCUT2D eigenvalue weighted by atomic mass is 10.1. The normalized spacial score (nSPS) is 14.9. The Bertz CT molecular complexity index is 814. The Labute approximate surface area is 164 Å². The van der Waals surface area contributed by atoms with Crippen molar-refractivity contribution in [1.82, 2.24) is 10.3 Å². The van der Waals surface area contributed by atoms with Crippen LogP contribution in [-0.4, -0.2) is 23.5 Å². The summed E-state index contributed by atoms with van der Waals surface area (Å²) in [7, 11) is 0. The summed E-state index contributed by atoms with van der Waals surface area (Å²) < 4.78 is 11.6. The van der Waals surface area contributed by atoms with E-state index in [9.17, 15) is 4.79 Å². The molecule has 1 saturated carbocycles. The Morgan fingerprint density at radius 2 is 2.00 bits per heavy atom. The van der Waals surface area contributed by atoms with E-state index in [0.29, 0.717) is 16.9 Å². The van der Waals surface area contributed by atoms with Gasteiger partial charge in [0.1, 0.15) is 16.4 Å². The van der Waals surface area contributed by atoms with E-state index < -0.39 is 0 Å². The van der Waals surface area contributed by atoms with Crippen LogP contribution in [0.5, 0.6) is 16.7 Å². The number of aromatic nitrogens is 1. The fourth-order valence-corrected chi connectivity index (χ4v) is 3.63. The topological polar surface area (TPSA) is 60.5 Å². The molecule has 3 rings (SSSR count). The fourth-order valence-electron chi connectivity index (χ4n) is 2.98. The molecule has 0 spiro atoms. The minimum Gasteiger partial charge on any atom is -0.493 e. The molecule has 1 atom stereocenters. The molecule has 5 nitrogen and oxygen atoms in total. The first kappa shape index (κ1) is 19.2. The molecule has 1 aromatic heterocycles. The third-order valence-electron chi connectivity index (χ3n) is 4.31. The fraction of sp³-hybridized carbons (Fsp3) is 0.429. The van der Waals surface area contributed by atoms with E-state index in [1.54, 1.807) is 6.20 Å². The molecule has 27 heavy (non-hydrogen) atoms. The molecule has 1 heterocycles. The number of rotatable bonds is 6. The molecular formula is C21H24N2O3S. The zero-order valence-corrected chi connectivity index (χ0v) is 16.5. The standard InChI is InChI=1S/C21H24N2O3S/c1-15(23-16(2)24)7-12-20-13-22-21(27-20)26-19-10-8-18(9-11-19)25-14-17-5-3-4-6-17/h8-11,13,15,17H,3-6,14H2,1-2H3,(H,23,24). The highest BCUT2D eigenvalue weighted by Gasteiger charge is 2.15. The lowest BCUT2D eigenvalue weighted by Crippen LogP contribution is -2.28. The van der Waals surface area contributed by atoms with Gasteiger partial charge in [-0.3, -0.25) is 4.79 Å². The van der Waals surface area contributed by atoms with E-state index in [1.165, 1.54) is 43.9 Å². The Balaban J connectivity index is 1.51. The second-order valence-electron chi connectivity index (χ2n) is 6.72. The van der Waals surface area contributed by atoms with Gasteiger partial charge in [-0.15, -0.1) is 0 Å². The molecular weight excluding hydrogens is 360 g/mol. The predicted octanol–water partition coefficient (Wildman–Crippen LogP) is 4.38. The molecule has 2 aromatic rings. The summed E-state index contributed by atoms with van der Waals surface area (Å²) in [6.07, 6.45) is 6.88. The molecule has 6 heteroatoms. The third-order valence-corrected chi connectivity index (χ3v) is 5.10. The van der Waals surface area contributed by atoms with Crippen molar-refractivity contribution in [3.8, 4) is 28.5 Å². The summed E-state index contributed by atoms with van der Waals surface area (Å²) in [5, 5.41) is 3.25. The minimum absolute atomic E-state index is 0.0965. The highest BCUT2D eigenvalue weighted by Crippen LogP contribution is 2.29. The Morgan fingerprint density at radius 1 is 1.30 bits per heavy atom. The molecule has 1 amide bonds. The minimum atomic E-state index is -0.203. The van der Waals surface area contributed by atoms with Gasteiger partial charge in [0.25, 0.3) is 5.19 Å². The maximum absolute atomic E-state index is 11.0. The molecule has 1 unspecified atom stereocenters. The monoisotopic (exact) mass is 384 g/mol. The first-order chi connectivity index (χ1) is 13.1. The van der Waals surface area contributed by atoms with Crippen molar-refractivity contribution >= 4 is 17.2 Å². The summed E-state index contributed by atoms with van der Waals surface area (Å²) in [6.45, 7) is 4.11. The van der Waals surface area contributed by atoms with Crippen molar-refractivity contribution in [2.75, 3.05) is 6.61 Å². The van der Waals surface area contributed by atoms with E-state index in [4.69, 9.17) is 9.47 Å². The number of thiazole rings is 1. The van der Waals surface area contributed by atoms with E-state index in [0.717, 1.165) is 17.2 Å². The first-order valence-electron chi connectivity index (χ1n) is 9.23. The van der Waals surface area contributed by atoms with Gasteiger partial charge < -0.3 is 14.8 Å². The summed E-state index contributed by atoms with van der Waals surface area (Å²) >= 11 is 1.37. The van der Waals surface area contributed by atoms with E-state index in [-0.39, 0.29) is 11.9 Å². The van der Waals surface area contributed by atoms with Crippen LogP contribution < -0.4 is 14.8 Å². The van der Waals surface area contributed by atoms with Crippen LogP contribution in [0.2, 0.25) is 0 Å². The average Bonchev–Trinajstić information content (AvgIpc) is 3.31. The van der Waals surface area contributed by atoms with Gasteiger partial charge in [0, 0.05) is 6.92 Å². The number of ether oxygens (including phenoxy) is 2. The van der Waals surface area contributed by atoms with Crippen molar-refractivity contribution < 1.29 is 14.3 Å². The highest BCUT2D eigenvalue weighted by atomic mass is 32.1. The summed E-state index contributed by atoms with van der Waals surface area (Å²) in [6, 6.07) is 7.41. The van der Waals surface area contributed by atoms with Crippen molar-refractivity contribution in [2.45, 2.75) is 45.6 Å². The molecule has 1 N–H and O–H groups in total. The van der Waals surface area contributed by atoms with Crippen molar-refractivity contribution in [3.63, 3.8) is 0 Å². The number of carbonyl (C=O) groups excluding carboxylic acids is 1. The van der Waals surface area contributed by atoms with Crippen LogP contribution in [0.4, 0.5) is 0 Å². The number of hydrogen-bond acceptors (Lipinski definition) is 5. The molecule has 1 aliphatic rings. The van der Waals surface area contributed by atoms with Gasteiger partial charge in [0.15, 0.2) is 0 Å². The number of benzene rings is 1. The number of carbonyl (C=O) groups is 1. The molecule has 0 bridgehead atoms. The van der Waals surface area contributed by atoms with E-state index in [1.807, 2.05) is 31.2 Å². The second-order valence-corrected chi connectivity index (χ2v) is 7.71. The average molecular weight is 385 g/mol. The lowest BCUT2D eigenvalue weighted by molar-refractivity contribution is -0.119. The smallest absolute Gasteiger partial charge is 0.279 e. The van der Waals surface area contributed by atoms with Gasteiger partial charge in [0.2, 0.25) is 5.91 Å². The number of amides is 1. The molecule has 1 aromatic carbocycles. The Hall–Kier alpha value is -2.52. The molecule has 1 aliphatic carbocycles. The van der Waals surface area contributed by atoms with Gasteiger partial charge >= 0.3 is 0 Å². The largest absolute Gasteiger partial charge is 0.493 e. The van der Waals surface area contributed by atoms with Crippen LogP contribution in [0.15, 0.2) is 30.5 Å². The van der Waals surface area contributed by atoms with Crippen LogP contribution in [-0.2, 0) is 4.79 Å². The first-order valence-corrected chi connectivity index (χ1v) is 10.1. The van der Waals surface area contributed by atoms with Crippen LogP contribution in [0.3, 0.4) is 0 Å². The van der Waals surface area contributed by atoms with Gasteiger partial charge in [-0.05, 0) is 49.9 Å².